The van der Waals surface area contributed by atoms with Crippen LogP contribution in [0.2, 0.25) is 5.02 Å². The number of carbonyl (C=O) groups is 1. The van der Waals surface area contributed by atoms with Crippen LogP contribution in [0.1, 0.15) is 35.8 Å². The summed E-state index contributed by atoms with van der Waals surface area (Å²) < 4.78 is 0. The van der Waals surface area contributed by atoms with E-state index in [2.05, 4.69) is 36.8 Å². The Bertz CT molecular complexity index is 610. The van der Waals surface area contributed by atoms with Gasteiger partial charge in [-0.15, -0.1) is 24.0 Å². The van der Waals surface area contributed by atoms with Crippen molar-refractivity contribution in [2.24, 2.45) is 0 Å². The van der Waals surface area contributed by atoms with Crippen molar-refractivity contribution in [1.29, 1.82) is 0 Å². The number of rotatable bonds is 3. The molecule has 1 aromatic carbocycles. The maximum Gasteiger partial charge on any atom is 0.258 e. The summed E-state index contributed by atoms with van der Waals surface area (Å²) in [6, 6.07) is 5.03. The van der Waals surface area contributed by atoms with Crippen LogP contribution < -0.4 is 5.32 Å². The average molecular weight is 313 g/mol. The van der Waals surface area contributed by atoms with E-state index in [1.54, 1.807) is 18.2 Å². The number of hydrogen-bond acceptors (Lipinski definition) is 4. The van der Waals surface area contributed by atoms with Gasteiger partial charge in [-0.3, -0.25) is 10.1 Å². The van der Waals surface area contributed by atoms with Crippen molar-refractivity contribution in [3.05, 3.63) is 39.9 Å². The molecule has 0 atom stereocenters. The minimum absolute atomic E-state index is 0.273. The van der Waals surface area contributed by atoms with Crippen LogP contribution in [0.25, 0.3) is 0 Å². The lowest BCUT2D eigenvalue weighted by Crippen LogP contribution is -2.12. The number of amides is 1. The zero-order chi connectivity index (χ0) is 14.0. The van der Waals surface area contributed by atoms with Crippen LogP contribution >= 0.6 is 35.6 Å². The van der Waals surface area contributed by atoms with Crippen molar-refractivity contribution in [2.45, 2.75) is 24.7 Å². The van der Waals surface area contributed by atoms with Crippen LogP contribution in [0.5, 0.6) is 0 Å². The van der Waals surface area contributed by atoms with Crippen molar-refractivity contribution in [1.82, 2.24) is 4.98 Å². The number of benzene rings is 1. The Morgan fingerprint density at radius 1 is 1.47 bits per heavy atom. The first-order chi connectivity index (χ1) is 8.97. The number of nitrogens with zero attached hydrogens (tertiary/aromatic N) is 1. The summed E-state index contributed by atoms with van der Waals surface area (Å²) in [5.74, 6) is 0.0665. The minimum atomic E-state index is -0.273. The zero-order valence-corrected chi connectivity index (χ0v) is 12.9. The second-order valence-electron chi connectivity index (χ2n) is 4.35. The molecule has 0 aliphatic heterocycles. The first-order valence-corrected chi connectivity index (χ1v) is 7.43. The van der Waals surface area contributed by atoms with E-state index in [0.29, 0.717) is 26.5 Å². The van der Waals surface area contributed by atoms with Gasteiger partial charge in [0.05, 0.1) is 16.3 Å². The molecule has 0 saturated carbocycles. The van der Waals surface area contributed by atoms with Gasteiger partial charge >= 0.3 is 0 Å². The molecule has 1 heterocycles. The van der Waals surface area contributed by atoms with Gasteiger partial charge in [0.1, 0.15) is 0 Å². The molecule has 6 heteroatoms. The predicted molar refractivity (Wildman–Crippen MR) is 82.9 cm³/mol. The summed E-state index contributed by atoms with van der Waals surface area (Å²) in [4.78, 5) is 17.1. The third kappa shape index (κ3) is 3.49. The molecule has 100 valence electrons. The van der Waals surface area contributed by atoms with Gasteiger partial charge < -0.3 is 0 Å². The predicted octanol–water partition coefficient (Wildman–Crippen LogP) is 4.46. The second-order valence-corrected chi connectivity index (χ2v) is 6.13. The summed E-state index contributed by atoms with van der Waals surface area (Å²) in [6.07, 6.45) is 0. The molecule has 1 N–H and O–H groups in total. The third-order valence-corrected chi connectivity index (χ3v) is 3.91. The van der Waals surface area contributed by atoms with Gasteiger partial charge in [0.15, 0.2) is 5.13 Å². The van der Waals surface area contributed by atoms with E-state index in [1.165, 1.54) is 11.3 Å². The normalized spacial score (nSPS) is 10.8. The Labute approximate surface area is 126 Å². The van der Waals surface area contributed by atoms with Gasteiger partial charge in [-0.1, -0.05) is 25.4 Å². The molecule has 0 aliphatic carbocycles. The smallest absolute Gasteiger partial charge is 0.258 e. The third-order valence-electron chi connectivity index (χ3n) is 2.53. The van der Waals surface area contributed by atoms with Gasteiger partial charge in [-0.05, 0) is 24.1 Å². The molecule has 2 rings (SSSR count). The van der Waals surface area contributed by atoms with E-state index in [1.807, 2.05) is 5.38 Å². The standard InChI is InChI=1S/C13H13ClN2OS2/c1-7(2)11-6-19-13(15-11)16-12(17)9-5-8(18)3-4-10(9)14/h3-7,18H,1-2H3,(H,15,16,17). The van der Waals surface area contributed by atoms with E-state index >= 15 is 0 Å². The lowest BCUT2D eigenvalue weighted by Gasteiger charge is -2.05. The molecule has 0 fully saturated rings. The van der Waals surface area contributed by atoms with Gasteiger partial charge in [-0.25, -0.2) is 4.98 Å². The molecule has 0 unspecified atom stereocenters. The van der Waals surface area contributed by atoms with E-state index in [4.69, 9.17) is 11.6 Å². The molecular formula is C13H13ClN2OS2. The van der Waals surface area contributed by atoms with Gasteiger partial charge in [0.25, 0.3) is 5.91 Å². The SMILES string of the molecule is CC(C)c1csc(NC(=O)c2cc(S)ccc2Cl)n1. The first kappa shape index (κ1) is 14.4. The van der Waals surface area contributed by atoms with Crippen LogP contribution in [0.3, 0.4) is 0 Å². The topological polar surface area (TPSA) is 42.0 Å². The van der Waals surface area contributed by atoms with Crippen LogP contribution in [0.15, 0.2) is 28.5 Å². The summed E-state index contributed by atoms with van der Waals surface area (Å²) in [6.45, 7) is 4.11. The van der Waals surface area contributed by atoms with Crippen molar-refractivity contribution < 1.29 is 4.79 Å². The summed E-state index contributed by atoms with van der Waals surface area (Å²) in [7, 11) is 0. The molecule has 3 nitrogen and oxygen atoms in total. The Kier molecular flexibility index (Phi) is 4.50. The monoisotopic (exact) mass is 312 g/mol. The van der Waals surface area contributed by atoms with Gasteiger partial charge in [-0.2, -0.15) is 0 Å². The number of thiol groups is 1. The maximum atomic E-state index is 12.1. The van der Waals surface area contributed by atoms with E-state index in [9.17, 15) is 4.79 Å². The van der Waals surface area contributed by atoms with Gasteiger partial charge in [0.2, 0.25) is 0 Å². The highest BCUT2D eigenvalue weighted by molar-refractivity contribution is 7.80. The number of aromatic nitrogens is 1. The maximum absolute atomic E-state index is 12.1. The highest BCUT2D eigenvalue weighted by Crippen LogP contribution is 2.24. The average Bonchev–Trinajstić information content (AvgIpc) is 2.80. The van der Waals surface area contributed by atoms with Crippen LogP contribution in [0, 0.1) is 0 Å². The van der Waals surface area contributed by atoms with Crippen molar-refractivity contribution >= 4 is 46.6 Å². The summed E-state index contributed by atoms with van der Waals surface area (Å²) in [5.41, 5.74) is 1.37. The van der Waals surface area contributed by atoms with E-state index < -0.39 is 0 Å². The number of carbonyl (C=O) groups excluding carboxylic acids is 1. The molecular weight excluding hydrogens is 300 g/mol. The van der Waals surface area contributed by atoms with Crippen molar-refractivity contribution in [2.75, 3.05) is 5.32 Å². The van der Waals surface area contributed by atoms with Crippen LogP contribution in [0.4, 0.5) is 5.13 Å². The molecule has 19 heavy (non-hydrogen) atoms. The number of hydrogen-bond donors (Lipinski definition) is 2. The molecule has 0 aliphatic rings. The Hall–Kier alpha value is -1.04. The van der Waals surface area contributed by atoms with Crippen LogP contribution in [-0.4, -0.2) is 10.9 Å². The Morgan fingerprint density at radius 3 is 2.84 bits per heavy atom. The fraction of sp³-hybridized carbons (Fsp3) is 0.231. The quantitative estimate of drug-likeness (QED) is 0.822. The molecule has 0 spiro atoms. The number of nitrogens with one attached hydrogen (secondary N) is 1. The molecule has 0 radical (unpaired) electrons. The molecule has 2 aromatic rings. The first-order valence-electron chi connectivity index (χ1n) is 5.72. The van der Waals surface area contributed by atoms with E-state index in [0.717, 1.165) is 5.69 Å². The Morgan fingerprint density at radius 2 is 2.21 bits per heavy atom. The van der Waals surface area contributed by atoms with Crippen molar-refractivity contribution in [3.63, 3.8) is 0 Å². The lowest BCUT2D eigenvalue weighted by atomic mass is 10.2. The second kappa shape index (κ2) is 5.94. The summed E-state index contributed by atoms with van der Waals surface area (Å²) in [5, 5.41) is 5.67. The number of thiazole rings is 1. The molecule has 1 aromatic heterocycles. The van der Waals surface area contributed by atoms with Crippen LogP contribution in [-0.2, 0) is 0 Å². The highest BCUT2D eigenvalue weighted by atomic mass is 35.5. The fourth-order valence-electron chi connectivity index (χ4n) is 1.46. The van der Waals surface area contributed by atoms with Crippen molar-refractivity contribution in [3.8, 4) is 0 Å². The minimum Gasteiger partial charge on any atom is -0.298 e. The zero-order valence-electron chi connectivity index (χ0n) is 10.5. The number of halogens is 1. The fourth-order valence-corrected chi connectivity index (χ4v) is 2.73. The highest BCUT2D eigenvalue weighted by Gasteiger charge is 2.13. The largest absolute Gasteiger partial charge is 0.298 e. The summed E-state index contributed by atoms with van der Waals surface area (Å²) >= 11 is 11.6. The molecule has 0 bridgehead atoms. The van der Waals surface area contributed by atoms with Gasteiger partial charge in [0, 0.05) is 10.3 Å². The molecule has 1 amide bonds. The van der Waals surface area contributed by atoms with E-state index in [-0.39, 0.29) is 5.91 Å². The lowest BCUT2D eigenvalue weighted by molar-refractivity contribution is 0.102. The molecule has 0 saturated heterocycles. The number of anilines is 1. The Balaban J connectivity index is 2.18.